The fraction of sp³-hybridized carbons (Fsp3) is 0.471. The van der Waals surface area contributed by atoms with E-state index in [2.05, 4.69) is 26.6 Å². The third kappa shape index (κ3) is 5.74. The van der Waals surface area contributed by atoms with Crippen molar-refractivity contribution in [3.05, 3.63) is 28.7 Å². The molecule has 0 saturated carbocycles. The van der Waals surface area contributed by atoms with E-state index in [0.29, 0.717) is 26.1 Å². The van der Waals surface area contributed by atoms with Gasteiger partial charge in [0.25, 0.3) is 0 Å². The zero-order valence-electron chi connectivity index (χ0n) is 14.1. The first kappa shape index (κ1) is 19.2. The monoisotopic (exact) mass is 411 g/mol. The third-order valence-electron chi connectivity index (χ3n) is 3.77. The maximum Gasteiger partial charge on any atom is 0.308 e. The number of anilines is 1. The Balaban J connectivity index is 1.95. The molecule has 0 bridgehead atoms. The summed E-state index contributed by atoms with van der Waals surface area (Å²) in [5.41, 5.74) is 0.803. The predicted octanol–water partition coefficient (Wildman–Crippen LogP) is 1.53. The van der Waals surface area contributed by atoms with Gasteiger partial charge in [0.05, 0.1) is 19.6 Å². The number of esters is 1. The Kier molecular flexibility index (Phi) is 7.24. The van der Waals surface area contributed by atoms with E-state index in [1.807, 2.05) is 31.2 Å². The van der Waals surface area contributed by atoms with E-state index in [1.54, 1.807) is 0 Å². The van der Waals surface area contributed by atoms with Crippen molar-refractivity contribution >= 4 is 39.4 Å². The Bertz CT molecular complexity index is 621. The average Bonchev–Trinajstić information content (AvgIpc) is 2.61. The first-order valence-corrected chi connectivity index (χ1v) is 9.02. The normalized spacial score (nSPS) is 17.0. The molecular formula is C17H22BrN3O4. The highest BCUT2D eigenvalue weighted by molar-refractivity contribution is 9.10. The number of nitrogens with one attached hydrogen (secondary N) is 2. The number of carbonyl (C=O) groups is 3. The van der Waals surface area contributed by atoms with Crippen molar-refractivity contribution in [2.24, 2.45) is 0 Å². The molecule has 1 atom stereocenters. The summed E-state index contributed by atoms with van der Waals surface area (Å²) in [7, 11) is 0. The van der Waals surface area contributed by atoms with Crippen molar-refractivity contribution in [2.75, 3.05) is 31.6 Å². The number of hydrogen-bond donors (Lipinski definition) is 2. The largest absolute Gasteiger partial charge is 0.466 e. The van der Waals surface area contributed by atoms with Crippen molar-refractivity contribution < 1.29 is 19.1 Å². The highest BCUT2D eigenvalue weighted by Crippen LogP contribution is 2.15. The highest BCUT2D eigenvalue weighted by Gasteiger charge is 2.34. The van der Waals surface area contributed by atoms with Gasteiger partial charge in [0, 0.05) is 23.2 Å². The summed E-state index contributed by atoms with van der Waals surface area (Å²) in [4.78, 5) is 37.9. The number of amides is 2. The minimum Gasteiger partial charge on any atom is -0.466 e. The zero-order valence-corrected chi connectivity index (χ0v) is 15.7. The lowest BCUT2D eigenvalue weighted by atomic mass is 10.1. The van der Waals surface area contributed by atoms with Crippen LogP contribution < -0.4 is 10.6 Å². The fourth-order valence-electron chi connectivity index (χ4n) is 2.50. The number of rotatable bonds is 7. The minimum absolute atomic E-state index is 0.0510. The van der Waals surface area contributed by atoms with Gasteiger partial charge in [-0.1, -0.05) is 22.9 Å². The molecule has 0 spiro atoms. The highest BCUT2D eigenvalue weighted by atomic mass is 79.9. The molecule has 2 N–H and O–H groups in total. The quantitative estimate of drug-likeness (QED) is 0.664. The molecule has 25 heavy (non-hydrogen) atoms. The molecular weight excluding hydrogens is 390 g/mol. The number of carbonyl (C=O) groups excluding carboxylic acids is 3. The molecule has 1 aliphatic rings. The second kappa shape index (κ2) is 9.41. The lowest BCUT2D eigenvalue weighted by Gasteiger charge is -2.34. The minimum atomic E-state index is -0.822. The van der Waals surface area contributed by atoms with Crippen LogP contribution >= 0.6 is 15.9 Å². The van der Waals surface area contributed by atoms with Crippen molar-refractivity contribution in [2.45, 2.75) is 25.8 Å². The van der Waals surface area contributed by atoms with Crippen LogP contribution in [0.25, 0.3) is 0 Å². The van der Waals surface area contributed by atoms with Crippen molar-refractivity contribution in [3.8, 4) is 0 Å². The predicted molar refractivity (Wildman–Crippen MR) is 97.0 cm³/mol. The molecule has 1 heterocycles. The SMILES string of the molecule is CCCOC(=O)CC1C(=O)NCCN1C(=O)CNc1ccc(Br)cc1. The molecule has 7 nitrogen and oxygen atoms in total. The summed E-state index contributed by atoms with van der Waals surface area (Å²) in [5, 5.41) is 5.72. The molecule has 1 unspecified atom stereocenters. The number of piperazine rings is 1. The second-order valence-electron chi connectivity index (χ2n) is 5.68. The smallest absolute Gasteiger partial charge is 0.308 e. The maximum absolute atomic E-state index is 12.5. The molecule has 1 saturated heterocycles. The molecule has 0 radical (unpaired) electrons. The summed E-state index contributed by atoms with van der Waals surface area (Å²) in [6.07, 6.45) is 0.582. The Morgan fingerprint density at radius 3 is 2.76 bits per heavy atom. The molecule has 0 aliphatic carbocycles. The van der Waals surface area contributed by atoms with Gasteiger partial charge in [-0.05, 0) is 30.7 Å². The maximum atomic E-state index is 12.5. The van der Waals surface area contributed by atoms with Crippen LogP contribution in [-0.2, 0) is 19.1 Å². The topological polar surface area (TPSA) is 87.7 Å². The van der Waals surface area contributed by atoms with Gasteiger partial charge in [-0.3, -0.25) is 14.4 Å². The second-order valence-corrected chi connectivity index (χ2v) is 6.59. The number of hydrogen-bond acceptors (Lipinski definition) is 5. The summed E-state index contributed by atoms with van der Waals surface area (Å²) < 4.78 is 5.98. The summed E-state index contributed by atoms with van der Waals surface area (Å²) in [6.45, 7) is 3.01. The van der Waals surface area contributed by atoms with Crippen LogP contribution in [0.2, 0.25) is 0 Å². The van der Waals surface area contributed by atoms with Crippen LogP contribution in [0, 0.1) is 0 Å². The Hall–Kier alpha value is -2.09. The van der Waals surface area contributed by atoms with Crippen LogP contribution in [0.5, 0.6) is 0 Å². The lowest BCUT2D eigenvalue weighted by molar-refractivity contribution is -0.151. The van der Waals surface area contributed by atoms with Crippen LogP contribution in [0.3, 0.4) is 0 Å². The van der Waals surface area contributed by atoms with E-state index < -0.39 is 12.0 Å². The molecule has 136 valence electrons. The Morgan fingerprint density at radius 2 is 2.08 bits per heavy atom. The summed E-state index contributed by atoms with van der Waals surface area (Å²) >= 11 is 3.35. The van der Waals surface area contributed by atoms with Gasteiger partial charge in [-0.25, -0.2) is 0 Å². The van der Waals surface area contributed by atoms with Crippen LogP contribution in [0.4, 0.5) is 5.69 Å². The standard InChI is InChI=1S/C17H22BrN3O4/c1-2-9-25-16(23)10-14-17(24)19-7-8-21(14)15(22)11-20-13-5-3-12(18)4-6-13/h3-6,14,20H,2,7-11H2,1H3,(H,19,24). The molecule has 8 heteroatoms. The van der Waals surface area contributed by atoms with Gasteiger partial charge in [0.15, 0.2) is 0 Å². The molecule has 0 aromatic heterocycles. The summed E-state index contributed by atoms with van der Waals surface area (Å²) in [5.74, 6) is -1.02. The van der Waals surface area contributed by atoms with E-state index in [-0.39, 0.29) is 24.8 Å². The van der Waals surface area contributed by atoms with E-state index in [1.165, 1.54) is 4.90 Å². The number of ether oxygens (including phenoxy) is 1. The van der Waals surface area contributed by atoms with Crippen LogP contribution in [0.1, 0.15) is 19.8 Å². The Labute approximate surface area is 155 Å². The van der Waals surface area contributed by atoms with Gasteiger partial charge in [-0.2, -0.15) is 0 Å². The van der Waals surface area contributed by atoms with Gasteiger partial charge < -0.3 is 20.3 Å². The van der Waals surface area contributed by atoms with E-state index in [0.717, 1.165) is 10.2 Å². The van der Waals surface area contributed by atoms with Crippen LogP contribution in [0.15, 0.2) is 28.7 Å². The number of benzene rings is 1. The molecule has 1 aliphatic heterocycles. The van der Waals surface area contributed by atoms with Gasteiger partial charge in [0.1, 0.15) is 6.04 Å². The van der Waals surface area contributed by atoms with E-state index in [4.69, 9.17) is 4.74 Å². The van der Waals surface area contributed by atoms with Gasteiger partial charge in [-0.15, -0.1) is 0 Å². The van der Waals surface area contributed by atoms with E-state index >= 15 is 0 Å². The van der Waals surface area contributed by atoms with Crippen molar-refractivity contribution in [1.82, 2.24) is 10.2 Å². The van der Waals surface area contributed by atoms with Crippen LogP contribution in [-0.4, -0.2) is 55.0 Å². The fourth-order valence-corrected chi connectivity index (χ4v) is 2.76. The molecule has 1 aromatic rings. The average molecular weight is 412 g/mol. The first-order valence-electron chi connectivity index (χ1n) is 8.23. The van der Waals surface area contributed by atoms with Gasteiger partial charge >= 0.3 is 5.97 Å². The zero-order chi connectivity index (χ0) is 18.2. The molecule has 1 fully saturated rings. The first-order chi connectivity index (χ1) is 12.0. The lowest BCUT2D eigenvalue weighted by Crippen LogP contribution is -2.58. The van der Waals surface area contributed by atoms with Crippen molar-refractivity contribution in [1.29, 1.82) is 0 Å². The third-order valence-corrected chi connectivity index (χ3v) is 4.29. The Morgan fingerprint density at radius 1 is 1.36 bits per heavy atom. The molecule has 2 amide bonds. The van der Waals surface area contributed by atoms with Crippen molar-refractivity contribution in [3.63, 3.8) is 0 Å². The molecule has 1 aromatic carbocycles. The number of halogens is 1. The molecule has 2 rings (SSSR count). The van der Waals surface area contributed by atoms with Gasteiger partial charge in [0.2, 0.25) is 11.8 Å². The van der Waals surface area contributed by atoms with E-state index in [9.17, 15) is 14.4 Å². The number of nitrogens with zero attached hydrogens (tertiary/aromatic N) is 1. The summed E-state index contributed by atoms with van der Waals surface area (Å²) in [6, 6.07) is 6.61.